The van der Waals surface area contributed by atoms with E-state index in [1.165, 1.54) is 11.7 Å². The van der Waals surface area contributed by atoms with Crippen LogP contribution in [0.3, 0.4) is 0 Å². The number of nitrogens with zero attached hydrogens (tertiary/aromatic N) is 2. The van der Waals surface area contributed by atoms with Crippen LogP contribution < -0.4 is 10.1 Å². The number of anilines is 1. The van der Waals surface area contributed by atoms with Crippen LogP contribution >= 0.6 is 11.6 Å². The van der Waals surface area contributed by atoms with Gasteiger partial charge in [-0.25, -0.2) is 14.3 Å². The van der Waals surface area contributed by atoms with Gasteiger partial charge in [0.2, 0.25) is 5.95 Å². The minimum Gasteiger partial charge on any atom is -0.453 e. The molecule has 0 radical (unpaired) electrons. The van der Waals surface area contributed by atoms with E-state index in [1.54, 1.807) is 30.3 Å². The van der Waals surface area contributed by atoms with Gasteiger partial charge in [-0.15, -0.1) is 0 Å². The molecule has 0 spiro atoms. The zero-order valence-corrected chi connectivity index (χ0v) is 14.3. The topological polar surface area (TPSA) is 89.2 Å². The highest BCUT2D eigenvalue weighted by atomic mass is 35.5. The van der Waals surface area contributed by atoms with Gasteiger partial charge in [0.05, 0.1) is 23.2 Å². The van der Waals surface area contributed by atoms with Gasteiger partial charge in [0.25, 0.3) is 0 Å². The molecule has 0 unspecified atom stereocenters. The Labute approximate surface area is 148 Å². The summed E-state index contributed by atoms with van der Waals surface area (Å²) in [5, 5.41) is 11.2. The molecule has 128 valence electrons. The number of benzene rings is 2. The standard InChI is InChI=1S/C17H15ClN4O3/c1-10-7-8-11(18)14(9-10)25-15(19)22-13-6-4-3-5-12(13)20-16(22)21-17(23)24-2/h3-9,19H,1-2H3,(H,20,21,23). The van der Waals surface area contributed by atoms with Crippen LogP contribution in [-0.2, 0) is 4.74 Å². The Morgan fingerprint density at radius 1 is 1.28 bits per heavy atom. The lowest BCUT2D eigenvalue weighted by Crippen LogP contribution is -2.23. The van der Waals surface area contributed by atoms with Crippen molar-refractivity contribution >= 4 is 40.7 Å². The predicted molar refractivity (Wildman–Crippen MR) is 95.7 cm³/mol. The van der Waals surface area contributed by atoms with Crippen molar-refractivity contribution in [3.8, 4) is 5.75 Å². The molecule has 3 rings (SSSR count). The monoisotopic (exact) mass is 358 g/mol. The van der Waals surface area contributed by atoms with Crippen molar-refractivity contribution in [2.24, 2.45) is 0 Å². The molecule has 0 bridgehead atoms. The maximum Gasteiger partial charge on any atom is 0.413 e. The molecule has 0 aliphatic heterocycles. The summed E-state index contributed by atoms with van der Waals surface area (Å²) in [5.41, 5.74) is 2.14. The summed E-state index contributed by atoms with van der Waals surface area (Å²) in [6.45, 7) is 1.89. The van der Waals surface area contributed by atoms with Crippen LogP contribution in [0.4, 0.5) is 10.7 Å². The Morgan fingerprint density at radius 2 is 2.04 bits per heavy atom. The second-order valence-corrected chi connectivity index (χ2v) is 5.62. The van der Waals surface area contributed by atoms with Crippen molar-refractivity contribution in [1.29, 1.82) is 5.41 Å². The average molecular weight is 359 g/mol. The zero-order chi connectivity index (χ0) is 18.0. The summed E-state index contributed by atoms with van der Waals surface area (Å²) in [4.78, 5) is 15.9. The van der Waals surface area contributed by atoms with Crippen LogP contribution in [0.1, 0.15) is 5.56 Å². The number of ether oxygens (including phenoxy) is 2. The molecule has 1 heterocycles. The summed E-state index contributed by atoms with van der Waals surface area (Å²) < 4.78 is 11.6. The minimum absolute atomic E-state index is 0.113. The van der Waals surface area contributed by atoms with E-state index < -0.39 is 6.09 Å². The number of imidazole rings is 1. The van der Waals surface area contributed by atoms with E-state index in [4.69, 9.17) is 21.7 Å². The van der Waals surface area contributed by atoms with Gasteiger partial charge in [-0.05, 0) is 36.8 Å². The Hall–Kier alpha value is -3.06. The van der Waals surface area contributed by atoms with E-state index in [0.29, 0.717) is 21.8 Å². The number of aryl methyl sites for hydroxylation is 1. The molecule has 0 fully saturated rings. The number of carbonyl (C=O) groups excluding carboxylic acids is 1. The largest absolute Gasteiger partial charge is 0.453 e. The number of hydrogen-bond acceptors (Lipinski definition) is 5. The molecule has 1 aromatic heterocycles. The lowest BCUT2D eigenvalue weighted by molar-refractivity contribution is 0.186. The van der Waals surface area contributed by atoms with Crippen LogP contribution in [0.2, 0.25) is 5.02 Å². The van der Waals surface area contributed by atoms with Crippen molar-refractivity contribution in [2.75, 3.05) is 12.4 Å². The molecule has 0 saturated carbocycles. The molecule has 1 amide bonds. The number of amides is 1. The molecule has 0 aliphatic rings. The Bertz CT molecular complexity index is 968. The number of carbonyl (C=O) groups is 1. The van der Waals surface area contributed by atoms with Crippen molar-refractivity contribution in [1.82, 2.24) is 9.55 Å². The molecule has 2 aromatic carbocycles. The van der Waals surface area contributed by atoms with Crippen molar-refractivity contribution in [2.45, 2.75) is 6.92 Å². The number of rotatable bonds is 2. The molecular formula is C17H15ClN4O3. The predicted octanol–water partition coefficient (Wildman–Crippen LogP) is 4.04. The molecule has 0 atom stereocenters. The fourth-order valence-electron chi connectivity index (χ4n) is 2.30. The summed E-state index contributed by atoms with van der Waals surface area (Å²) in [7, 11) is 1.25. The summed E-state index contributed by atoms with van der Waals surface area (Å²) in [6.07, 6.45) is -0.696. The van der Waals surface area contributed by atoms with Gasteiger partial charge in [-0.1, -0.05) is 29.8 Å². The molecule has 3 aromatic rings. The maximum absolute atomic E-state index is 11.6. The molecular weight excluding hydrogens is 344 g/mol. The smallest absolute Gasteiger partial charge is 0.413 e. The van der Waals surface area contributed by atoms with E-state index >= 15 is 0 Å². The van der Waals surface area contributed by atoms with E-state index in [-0.39, 0.29) is 12.0 Å². The third-order valence-electron chi connectivity index (χ3n) is 3.46. The van der Waals surface area contributed by atoms with E-state index in [9.17, 15) is 4.79 Å². The number of halogens is 1. The normalized spacial score (nSPS) is 10.5. The van der Waals surface area contributed by atoms with Crippen LogP contribution in [0.5, 0.6) is 5.75 Å². The number of para-hydroxylation sites is 2. The van der Waals surface area contributed by atoms with Crippen LogP contribution in [-0.4, -0.2) is 28.8 Å². The number of fused-ring (bicyclic) bond motifs is 1. The summed E-state index contributed by atoms with van der Waals surface area (Å²) >= 11 is 6.13. The van der Waals surface area contributed by atoms with Gasteiger partial charge in [0, 0.05) is 0 Å². The van der Waals surface area contributed by atoms with Gasteiger partial charge < -0.3 is 9.47 Å². The lowest BCUT2D eigenvalue weighted by Gasteiger charge is -2.13. The fraction of sp³-hybridized carbons (Fsp3) is 0.118. The molecule has 2 N–H and O–H groups in total. The number of aromatic nitrogens is 2. The first-order chi connectivity index (χ1) is 12.0. The van der Waals surface area contributed by atoms with Gasteiger partial charge in [-0.2, -0.15) is 0 Å². The first kappa shape index (κ1) is 16.8. The molecule has 25 heavy (non-hydrogen) atoms. The zero-order valence-electron chi connectivity index (χ0n) is 13.5. The van der Waals surface area contributed by atoms with Crippen molar-refractivity contribution < 1.29 is 14.3 Å². The van der Waals surface area contributed by atoms with Crippen LogP contribution in [0.15, 0.2) is 42.5 Å². The number of methoxy groups -OCH3 is 1. The van der Waals surface area contributed by atoms with Gasteiger partial charge in [-0.3, -0.25) is 10.7 Å². The lowest BCUT2D eigenvalue weighted by atomic mass is 10.2. The number of hydrogen-bond donors (Lipinski definition) is 2. The maximum atomic E-state index is 11.6. The van der Waals surface area contributed by atoms with Crippen LogP contribution in [0, 0.1) is 12.3 Å². The Morgan fingerprint density at radius 3 is 2.80 bits per heavy atom. The molecule has 0 saturated heterocycles. The summed E-state index contributed by atoms with van der Waals surface area (Å²) in [5.74, 6) is 0.454. The van der Waals surface area contributed by atoms with E-state index in [1.807, 2.05) is 19.1 Å². The highest BCUT2D eigenvalue weighted by molar-refractivity contribution is 6.32. The Kier molecular flexibility index (Phi) is 4.58. The third-order valence-corrected chi connectivity index (χ3v) is 3.77. The fourth-order valence-corrected chi connectivity index (χ4v) is 2.45. The first-order valence-electron chi connectivity index (χ1n) is 7.35. The molecule has 7 nitrogen and oxygen atoms in total. The van der Waals surface area contributed by atoms with E-state index in [2.05, 4.69) is 15.0 Å². The Balaban J connectivity index is 2.03. The second kappa shape index (κ2) is 6.82. The van der Waals surface area contributed by atoms with Crippen molar-refractivity contribution in [3.05, 3.63) is 53.1 Å². The minimum atomic E-state index is -0.696. The van der Waals surface area contributed by atoms with Crippen molar-refractivity contribution in [3.63, 3.8) is 0 Å². The SMILES string of the molecule is COC(=O)Nc1nc2ccccc2n1C(=N)Oc1cc(C)ccc1Cl. The van der Waals surface area contributed by atoms with Gasteiger partial charge in [0.1, 0.15) is 5.75 Å². The second-order valence-electron chi connectivity index (χ2n) is 5.22. The summed E-state index contributed by atoms with van der Waals surface area (Å²) in [6, 6.07) is 12.1. The van der Waals surface area contributed by atoms with Gasteiger partial charge >= 0.3 is 12.1 Å². The van der Waals surface area contributed by atoms with Gasteiger partial charge in [0.15, 0.2) is 0 Å². The molecule has 0 aliphatic carbocycles. The van der Waals surface area contributed by atoms with Crippen LogP contribution in [0.25, 0.3) is 11.0 Å². The first-order valence-corrected chi connectivity index (χ1v) is 7.73. The molecule has 8 heteroatoms. The highest BCUT2D eigenvalue weighted by Crippen LogP contribution is 2.27. The average Bonchev–Trinajstić information content (AvgIpc) is 2.95. The third kappa shape index (κ3) is 3.41. The quantitative estimate of drug-likeness (QED) is 0.534. The number of nitrogens with one attached hydrogen (secondary N) is 2. The van der Waals surface area contributed by atoms with E-state index in [0.717, 1.165) is 5.56 Å². The highest BCUT2D eigenvalue weighted by Gasteiger charge is 2.18.